The summed E-state index contributed by atoms with van der Waals surface area (Å²) in [5, 5.41) is 0. The summed E-state index contributed by atoms with van der Waals surface area (Å²) in [4.78, 5) is 25.8. The third-order valence-corrected chi connectivity index (χ3v) is 7.41. The van der Waals surface area contributed by atoms with Crippen LogP contribution in [0.4, 0.5) is 0 Å². The van der Waals surface area contributed by atoms with Crippen molar-refractivity contribution in [1.82, 2.24) is 19.8 Å². The van der Waals surface area contributed by atoms with Crippen molar-refractivity contribution in [3.05, 3.63) is 60.2 Å². The number of rotatable bonds is 3. The lowest BCUT2D eigenvalue weighted by molar-refractivity contribution is -0.132. The summed E-state index contributed by atoms with van der Waals surface area (Å²) >= 11 is 0. The number of nitrogens with zero attached hydrogens (tertiary/aromatic N) is 4. The van der Waals surface area contributed by atoms with Crippen LogP contribution in [-0.4, -0.2) is 51.4 Å². The van der Waals surface area contributed by atoms with E-state index < -0.39 is 0 Å². The van der Waals surface area contributed by atoms with Gasteiger partial charge >= 0.3 is 0 Å². The lowest BCUT2D eigenvalue weighted by Crippen LogP contribution is -2.63. The van der Waals surface area contributed by atoms with Gasteiger partial charge < -0.3 is 4.90 Å². The maximum atomic E-state index is 12.8. The van der Waals surface area contributed by atoms with Gasteiger partial charge in [-0.1, -0.05) is 19.3 Å². The summed E-state index contributed by atoms with van der Waals surface area (Å²) in [5.74, 6) is 0.120. The largest absolute Gasteiger partial charge is 0.338 e. The van der Waals surface area contributed by atoms with Crippen LogP contribution in [0, 0.1) is 5.41 Å². The van der Waals surface area contributed by atoms with Crippen molar-refractivity contribution >= 4 is 5.91 Å². The van der Waals surface area contributed by atoms with E-state index in [0.717, 1.165) is 25.9 Å². The van der Waals surface area contributed by atoms with E-state index in [1.807, 2.05) is 29.4 Å². The van der Waals surface area contributed by atoms with Gasteiger partial charge in [-0.25, -0.2) is 0 Å². The first-order valence-electron chi connectivity index (χ1n) is 11.1. The summed E-state index contributed by atoms with van der Waals surface area (Å²) in [5.41, 5.74) is 2.59. The summed E-state index contributed by atoms with van der Waals surface area (Å²) in [6.45, 7) is 2.90. The number of carbonyl (C=O) groups excluding carboxylic acids is 1. The van der Waals surface area contributed by atoms with Crippen LogP contribution in [0.2, 0.25) is 0 Å². The second-order valence-electron chi connectivity index (χ2n) is 9.04. The van der Waals surface area contributed by atoms with Crippen LogP contribution in [-0.2, 0) is 0 Å². The predicted molar refractivity (Wildman–Crippen MR) is 112 cm³/mol. The molecule has 2 aromatic rings. The summed E-state index contributed by atoms with van der Waals surface area (Å²) in [7, 11) is 0. The Morgan fingerprint density at radius 2 is 1.72 bits per heavy atom. The molecule has 1 spiro atoms. The molecule has 0 aromatic carbocycles. The van der Waals surface area contributed by atoms with Crippen LogP contribution >= 0.6 is 0 Å². The first kappa shape index (κ1) is 18.7. The van der Waals surface area contributed by atoms with E-state index in [0.29, 0.717) is 23.1 Å². The van der Waals surface area contributed by atoms with Gasteiger partial charge in [-0.3, -0.25) is 19.7 Å². The minimum atomic E-state index is 0.120. The SMILES string of the molecule is O=C(c1cccnc1)N1CCC(N2CC3(CCCCC3)C2c2ccncc2)CC1. The lowest BCUT2D eigenvalue weighted by atomic mass is 9.60. The number of pyridine rings is 2. The van der Waals surface area contributed by atoms with Gasteiger partial charge in [0.25, 0.3) is 5.91 Å². The Hall–Kier alpha value is -2.27. The van der Waals surface area contributed by atoms with Gasteiger partial charge in [0.15, 0.2) is 0 Å². The third kappa shape index (κ3) is 3.46. The fourth-order valence-corrected chi connectivity index (χ4v) is 5.97. The maximum Gasteiger partial charge on any atom is 0.255 e. The van der Waals surface area contributed by atoms with Gasteiger partial charge in [0, 0.05) is 61.9 Å². The molecule has 5 rings (SSSR count). The molecule has 1 atom stereocenters. The molecule has 1 unspecified atom stereocenters. The first-order chi connectivity index (χ1) is 14.3. The van der Waals surface area contributed by atoms with Crippen molar-refractivity contribution in [2.24, 2.45) is 5.41 Å². The second kappa shape index (κ2) is 7.86. The molecule has 1 aliphatic carbocycles. The normalized spacial score (nSPS) is 25.0. The molecule has 29 heavy (non-hydrogen) atoms. The number of carbonyl (C=O) groups is 1. The quantitative estimate of drug-likeness (QED) is 0.792. The van der Waals surface area contributed by atoms with Crippen molar-refractivity contribution in [1.29, 1.82) is 0 Å². The minimum Gasteiger partial charge on any atom is -0.338 e. The van der Waals surface area contributed by atoms with Crippen molar-refractivity contribution in [2.45, 2.75) is 57.0 Å². The minimum absolute atomic E-state index is 0.120. The number of piperidine rings is 1. The van der Waals surface area contributed by atoms with Crippen LogP contribution in [0.15, 0.2) is 49.1 Å². The van der Waals surface area contributed by atoms with E-state index in [4.69, 9.17) is 0 Å². The fraction of sp³-hybridized carbons (Fsp3) is 0.542. The Bertz CT molecular complexity index is 826. The van der Waals surface area contributed by atoms with E-state index in [9.17, 15) is 4.79 Å². The number of hydrogen-bond acceptors (Lipinski definition) is 4. The zero-order valence-corrected chi connectivity index (χ0v) is 17.0. The smallest absolute Gasteiger partial charge is 0.255 e. The highest BCUT2D eigenvalue weighted by atomic mass is 16.2. The molecule has 2 saturated heterocycles. The van der Waals surface area contributed by atoms with Crippen molar-refractivity contribution in [3.63, 3.8) is 0 Å². The highest BCUT2D eigenvalue weighted by molar-refractivity contribution is 5.93. The van der Waals surface area contributed by atoms with Crippen molar-refractivity contribution in [3.8, 4) is 0 Å². The third-order valence-electron chi connectivity index (χ3n) is 7.41. The molecule has 152 valence electrons. The first-order valence-corrected chi connectivity index (χ1v) is 11.1. The number of aromatic nitrogens is 2. The molecule has 1 amide bonds. The topological polar surface area (TPSA) is 49.3 Å². The van der Waals surface area contributed by atoms with Crippen molar-refractivity contribution in [2.75, 3.05) is 19.6 Å². The standard InChI is InChI=1S/C24H30N4O/c29-23(20-5-4-12-26-17-20)27-15-8-21(9-16-27)28-18-24(10-2-1-3-11-24)22(28)19-6-13-25-14-7-19/h4-7,12-14,17,21-22H,1-3,8-11,15-16,18H2. The molecule has 3 fully saturated rings. The van der Waals surface area contributed by atoms with Gasteiger partial charge in [0.2, 0.25) is 0 Å². The van der Waals surface area contributed by atoms with Gasteiger partial charge in [0.05, 0.1) is 5.56 Å². The van der Waals surface area contributed by atoms with Gasteiger partial charge in [-0.15, -0.1) is 0 Å². The van der Waals surface area contributed by atoms with Crippen LogP contribution in [0.1, 0.15) is 66.9 Å². The summed E-state index contributed by atoms with van der Waals surface area (Å²) in [6, 6.07) is 9.23. The molecule has 3 aliphatic rings. The maximum absolute atomic E-state index is 12.8. The summed E-state index contributed by atoms with van der Waals surface area (Å²) < 4.78 is 0. The Kier molecular flexibility index (Phi) is 5.08. The average molecular weight is 391 g/mol. The molecule has 2 aromatic heterocycles. The molecule has 0 bridgehead atoms. The van der Waals surface area contributed by atoms with Gasteiger partial charge in [-0.05, 0) is 55.5 Å². The lowest BCUT2D eigenvalue weighted by Gasteiger charge is -2.63. The van der Waals surface area contributed by atoms with E-state index in [1.165, 1.54) is 44.2 Å². The Labute approximate surface area is 173 Å². The fourth-order valence-electron chi connectivity index (χ4n) is 5.97. The number of likely N-dealkylation sites (tertiary alicyclic amines) is 2. The zero-order chi connectivity index (χ0) is 19.7. The molecule has 0 N–H and O–H groups in total. The highest BCUT2D eigenvalue weighted by Gasteiger charge is 2.54. The Morgan fingerprint density at radius 3 is 2.41 bits per heavy atom. The molecule has 5 heteroatoms. The van der Waals surface area contributed by atoms with Crippen molar-refractivity contribution < 1.29 is 4.79 Å². The Morgan fingerprint density at radius 1 is 0.966 bits per heavy atom. The zero-order valence-electron chi connectivity index (χ0n) is 17.0. The van der Waals surface area contributed by atoms with Gasteiger partial charge in [-0.2, -0.15) is 0 Å². The van der Waals surface area contributed by atoms with Crippen LogP contribution < -0.4 is 0 Å². The number of amides is 1. The van der Waals surface area contributed by atoms with Crippen LogP contribution in [0.5, 0.6) is 0 Å². The molecule has 5 nitrogen and oxygen atoms in total. The molecule has 2 aliphatic heterocycles. The monoisotopic (exact) mass is 390 g/mol. The molecular weight excluding hydrogens is 360 g/mol. The van der Waals surface area contributed by atoms with E-state index in [-0.39, 0.29) is 5.91 Å². The highest BCUT2D eigenvalue weighted by Crippen LogP contribution is 2.58. The van der Waals surface area contributed by atoms with Crippen LogP contribution in [0.3, 0.4) is 0 Å². The molecule has 0 radical (unpaired) electrons. The molecular formula is C24H30N4O. The van der Waals surface area contributed by atoms with E-state index in [2.05, 4.69) is 27.0 Å². The predicted octanol–water partition coefficient (Wildman–Crippen LogP) is 4.09. The second-order valence-corrected chi connectivity index (χ2v) is 9.04. The van der Waals surface area contributed by atoms with Crippen LogP contribution in [0.25, 0.3) is 0 Å². The Balaban J connectivity index is 1.28. The number of hydrogen-bond donors (Lipinski definition) is 0. The summed E-state index contributed by atoms with van der Waals surface area (Å²) in [6.07, 6.45) is 16.2. The molecule has 4 heterocycles. The molecule has 1 saturated carbocycles. The average Bonchev–Trinajstić information content (AvgIpc) is 2.79. The van der Waals surface area contributed by atoms with E-state index in [1.54, 1.807) is 12.4 Å². The van der Waals surface area contributed by atoms with E-state index >= 15 is 0 Å². The van der Waals surface area contributed by atoms with Gasteiger partial charge in [0.1, 0.15) is 0 Å².